The van der Waals surface area contributed by atoms with Gasteiger partial charge in [0.15, 0.2) is 6.04 Å². The van der Waals surface area contributed by atoms with Crippen LogP contribution in [0.4, 0.5) is 0 Å². The van der Waals surface area contributed by atoms with E-state index >= 15 is 0 Å². The van der Waals surface area contributed by atoms with Crippen LogP contribution in [0.5, 0.6) is 0 Å². The maximum absolute atomic E-state index is 11.4. The summed E-state index contributed by atoms with van der Waals surface area (Å²) in [5.74, 6) is -0.585. The molecule has 0 aliphatic carbocycles. The molecule has 6 heteroatoms. The summed E-state index contributed by atoms with van der Waals surface area (Å²) in [6.07, 6.45) is 0.571. The summed E-state index contributed by atoms with van der Waals surface area (Å²) in [6, 6.07) is 6.73. The molecule has 1 aromatic heterocycles. The Morgan fingerprint density at radius 1 is 1.53 bits per heavy atom. The average molecular weight is 249 g/mol. The van der Waals surface area contributed by atoms with Crippen molar-refractivity contribution in [2.45, 2.75) is 6.04 Å². The van der Waals surface area contributed by atoms with Crippen LogP contribution in [0.1, 0.15) is 11.0 Å². The van der Waals surface area contributed by atoms with Crippen molar-refractivity contribution in [3.05, 3.63) is 29.3 Å². The van der Waals surface area contributed by atoms with E-state index in [0.29, 0.717) is 11.4 Å². The summed E-state index contributed by atoms with van der Waals surface area (Å²) in [6.45, 7) is 0. The third-order valence-corrected chi connectivity index (χ3v) is 3.48. The Balaban J connectivity index is 2.49. The summed E-state index contributed by atoms with van der Waals surface area (Å²) in [5.41, 5.74) is 6.10. The van der Waals surface area contributed by atoms with Crippen LogP contribution in [0.25, 0.3) is 10.2 Å². The lowest BCUT2D eigenvalue weighted by Crippen LogP contribution is -2.34. The van der Waals surface area contributed by atoms with Crippen molar-refractivity contribution < 1.29 is 9.59 Å². The van der Waals surface area contributed by atoms with Gasteiger partial charge in [-0.05, 0) is 12.1 Å². The molecule has 2 N–H and O–H groups in total. The van der Waals surface area contributed by atoms with Gasteiger partial charge in [-0.1, -0.05) is 12.1 Å². The number of carbonyl (C=O) groups is 2. The predicted octanol–water partition coefficient (Wildman–Crippen LogP) is 0.911. The highest BCUT2D eigenvalue weighted by molar-refractivity contribution is 7.18. The Labute approximate surface area is 102 Å². The van der Waals surface area contributed by atoms with Gasteiger partial charge in [0, 0.05) is 7.05 Å². The number of hydrogen-bond donors (Lipinski definition) is 1. The highest BCUT2D eigenvalue weighted by atomic mass is 32.1. The number of benzene rings is 1. The third kappa shape index (κ3) is 2.12. The Morgan fingerprint density at radius 3 is 2.82 bits per heavy atom. The molecule has 0 bridgehead atoms. The van der Waals surface area contributed by atoms with Crippen molar-refractivity contribution in [3.8, 4) is 0 Å². The number of thiazole rings is 1. The van der Waals surface area contributed by atoms with Gasteiger partial charge in [0.2, 0.25) is 12.3 Å². The zero-order chi connectivity index (χ0) is 12.4. The molecule has 0 saturated heterocycles. The first-order valence-electron chi connectivity index (χ1n) is 4.95. The van der Waals surface area contributed by atoms with Gasteiger partial charge in [-0.2, -0.15) is 0 Å². The normalized spacial score (nSPS) is 12.3. The SMILES string of the molecule is CN(C=O)C(C(N)=O)c1nc2ccccc2s1. The van der Waals surface area contributed by atoms with Gasteiger partial charge < -0.3 is 10.6 Å². The summed E-state index contributed by atoms with van der Waals surface area (Å²) in [7, 11) is 1.51. The molecule has 1 unspecified atom stereocenters. The monoisotopic (exact) mass is 249 g/mol. The van der Waals surface area contributed by atoms with E-state index < -0.39 is 11.9 Å². The maximum Gasteiger partial charge on any atom is 0.247 e. The van der Waals surface area contributed by atoms with E-state index in [2.05, 4.69) is 4.98 Å². The highest BCUT2D eigenvalue weighted by Gasteiger charge is 2.25. The second kappa shape index (κ2) is 4.50. The van der Waals surface area contributed by atoms with Crippen molar-refractivity contribution in [2.75, 3.05) is 7.05 Å². The first kappa shape index (κ1) is 11.5. The van der Waals surface area contributed by atoms with Gasteiger partial charge in [0.25, 0.3) is 0 Å². The Kier molecular flexibility index (Phi) is 3.06. The Hall–Kier alpha value is -1.95. The molecule has 0 fully saturated rings. The molecule has 2 rings (SSSR count). The highest BCUT2D eigenvalue weighted by Crippen LogP contribution is 2.28. The second-order valence-electron chi connectivity index (χ2n) is 3.60. The van der Waals surface area contributed by atoms with E-state index in [9.17, 15) is 9.59 Å². The first-order chi connectivity index (χ1) is 8.13. The van der Waals surface area contributed by atoms with Crippen LogP contribution < -0.4 is 5.73 Å². The number of nitrogens with zero attached hydrogens (tertiary/aromatic N) is 2. The number of primary amides is 1. The number of para-hydroxylation sites is 1. The van der Waals surface area contributed by atoms with E-state index in [1.54, 1.807) is 0 Å². The fourth-order valence-corrected chi connectivity index (χ4v) is 2.69. The predicted molar refractivity (Wildman–Crippen MR) is 65.4 cm³/mol. The molecule has 5 nitrogen and oxygen atoms in total. The zero-order valence-electron chi connectivity index (χ0n) is 9.16. The van der Waals surface area contributed by atoms with Gasteiger partial charge >= 0.3 is 0 Å². The van der Waals surface area contributed by atoms with E-state index in [-0.39, 0.29) is 0 Å². The number of likely N-dealkylation sites (N-methyl/N-ethyl adjacent to an activating group) is 1. The standard InChI is InChI=1S/C11H11N3O2S/c1-14(6-15)9(10(12)16)11-13-7-4-2-3-5-8(7)17-11/h2-6,9H,1H3,(H2,12,16). The second-order valence-corrected chi connectivity index (χ2v) is 4.66. The molecule has 1 heterocycles. The van der Waals surface area contributed by atoms with Crippen molar-refractivity contribution in [2.24, 2.45) is 5.73 Å². The molecule has 0 radical (unpaired) electrons. The van der Waals surface area contributed by atoms with Crippen LogP contribution in [0, 0.1) is 0 Å². The van der Waals surface area contributed by atoms with Crippen LogP contribution in [0.2, 0.25) is 0 Å². The number of amides is 2. The molecule has 0 spiro atoms. The molecule has 2 amide bonds. The van der Waals surface area contributed by atoms with Gasteiger partial charge in [0.1, 0.15) is 5.01 Å². The Morgan fingerprint density at radius 2 is 2.24 bits per heavy atom. The largest absolute Gasteiger partial charge is 0.367 e. The summed E-state index contributed by atoms with van der Waals surface area (Å²) < 4.78 is 0.966. The first-order valence-corrected chi connectivity index (χ1v) is 5.77. The maximum atomic E-state index is 11.4. The molecular formula is C11H11N3O2S. The van der Waals surface area contributed by atoms with Crippen LogP contribution in [-0.2, 0) is 9.59 Å². The quantitative estimate of drug-likeness (QED) is 0.818. The van der Waals surface area contributed by atoms with E-state index in [4.69, 9.17) is 5.73 Å². The number of hydrogen-bond acceptors (Lipinski definition) is 4. The smallest absolute Gasteiger partial charge is 0.247 e. The van der Waals surface area contributed by atoms with Crippen LogP contribution in [0.15, 0.2) is 24.3 Å². The Bertz CT molecular complexity index is 534. The van der Waals surface area contributed by atoms with E-state index in [1.165, 1.54) is 23.3 Å². The molecule has 0 aliphatic rings. The molecule has 1 atom stereocenters. The fourth-order valence-electron chi connectivity index (χ4n) is 1.56. The van der Waals surface area contributed by atoms with Crippen molar-refractivity contribution >= 4 is 33.9 Å². The number of aromatic nitrogens is 1. The molecular weight excluding hydrogens is 238 g/mol. The van der Waals surface area contributed by atoms with Crippen LogP contribution in [0.3, 0.4) is 0 Å². The molecule has 88 valence electrons. The molecule has 17 heavy (non-hydrogen) atoms. The minimum Gasteiger partial charge on any atom is -0.367 e. The summed E-state index contributed by atoms with van der Waals surface area (Å²) in [5, 5.41) is 0.535. The van der Waals surface area contributed by atoms with Gasteiger partial charge in [-0.3, -0.25) is 9.59 Å². The fraction of sp³-hybridized carbons (Fsp3) is 0.182. The van der Waals surface area contributed by atoms with Crippen molar-refractivity contribution in [1.29, 1.82) is 0 Å². The number of nitrogens with two attached hydrogens (primary N) is 1. The van der Waals surface area contributed by atoms with Crippen molar-refractivity contribution in [1.82, 2.24) is 9.88 Å². The van der Waals surface area contributed by atoms with Gasteiger partial charge in [0.05, 0.1) is 10.2 Å². The number of fused-ring (bicyclic) bond motifs is 1. The molecule has 2 aromatic rings. The van der Waals surface area contributed by atoms with Crippen LogP contribution in [-0.4, -0.2) is 29.2 Å². The van der Waals surface area contributed by atoms with Crippen LogP contribution >= 0.6 is 11.3 Å². The minimum atomic E-state index is -0.801. The lowest BCUT2D eigenvalue weighted by atomic mass is 10.2. The molecule has 0 aliphatic heterocycles. The minimum absolute atomic E-state index is 0.535. The molecule has 1 aromatic carbocycles. The lowest BCUT2D eigenvalue weighted by molar-refractivity contribution is -0.129. The van der Waals surface area contributed by atoms with Crippen molar-refractivity contribution in [3.63, 3.8) is 0 Å². The topological polar surface area (TPSA) is 76.3 Å². The van der Waals surface area contributed by atoms with Gasteiger partial charge in [-0.25, -0.2) is 4.98 Å². The molecule has 0 saturated carbocycles. The zero-order valence-corrected chi connectivity index (χ0v) is 9.98. The van der Waals surface area contributed by atoms with E-state index in [0.717, 1.165) is 10.2 Å². The summed E-state index contributed by atoms with van der Waals surface area (Å²) in [4.78, 5) is 27.6. The average Bonchev–Trinajstić information content (AvgIpc) is 2.71. The van der Waals surface area contributed by atoms with E-state index in [1.807, 2.05) is 24.3 Å². The van der Waals surface area contributed by atoms with Gasteiger partial charge in [-0.15, -0.1) is 11.3 Å². The lowest BCUT2D eigenvalue weighted by Gasteiger charge is -2.18. The number of rotatable bonds is 4. The summed E-state index contributed by atoms with van der Waals surface area (Å²) >= 11 is 1.36. The third-order valence-electron chi connectivity index (χ3n) is 2.39. The number of carbonyl (C=O) groups excluding carboxylic acids is 2.